The van der Waals surface area contributed by atoms with E-state index in [0.717, 1.165) is 0 Å². The maximum absolute atomic E-state index is 13.5. The predicted octanol–water partition coefficient (Wildman–Crippen LogP) is 4.65. The van der Waals surface area contributed by atoms with Gasteiger partial charge in [0.05, 0.1) is 15.6 Å². The van der Waals surface area contributed by atoms with Crippen LogP contribution in [0.25, 0.3) is 10.9 Å². The van der Waals surface area contributed by atoms with Gasteiger partial charge in [-0.3, -0.25) is 8.77 Å². The Bertz CT molecular complexity index is 750. The number of halogens is 3. The Hall–Kier alpha value is -0.850. The van der Waals surface area contributed by atoms with Crippen LogP contribution >= 0.6 is 46.3 Å². The number of nitrogens with zero attached hydrogens (tertiary/aromatic N) is 2. The van der Waals surface area contributed by atoms with Crippen molar-refractivity contribution in [3.8, 4) is 6.07 Å². The Morgan fingerprint density at radius 1 is 1.53 bits per heavy atom. The Labute approximate surface area is 133 Å². The van der Waals surface area contributed by atoms with E-state index in [9.17, 15) is 9.18 Å². The largest absolute Gasteiger partial charge is 0.286 e. The first-order chi connectivity index (χ1) is 8.99. The molecule has 0 aliphatic carbocycles. The zero-order valence-electron chi connectivity index (χ0n) is 9.28. The van der Waals surface area contributed by atoms with Crippen LogP contribution in [0, 0.1) is 17.1 Å². The molecule has 7 heteroatoms. The van der Waals surface area contributed by atoms with Gasteiger partial charge < -0.3 is 0 Å². The molecule has 0 radical (unpaired) electrons. The maximum Gasteiger partial charge on any atom is 0.220 e. The molecule has 2 rings (SSSR count). The highest BCUT2D eigenvalue weighted by Gasteiger charge is 2.19. The fourth-order valence-corrected chi connectivity index (χ4v) is 3.66. The highest BCUT2D eigenvalue weighted by atomic mass is 127. The molecule has 0 aliphatic heterocycles. The van der Waals surface area contributed by atoms with Gasteiger partial charge in [-0.15, -0.1) is 0 Å². The third-order valence-electron chi connectivity index (χ3n) is 2.51. The number of hydrogen-bond donors (Lipinski definition) is 0. The van der Waals surface area contributed by atoms with Gasteiger partial charge in [0.1, 0.15) is 17.6 Å². The molecule has 3 nitrogen and oxygen atoms in total. The van der Waals surface area contributed by atoms with E-state index in [0.29, 0.717) is 21.1 Å². The van der Waals surface area contributed by atoms with Crippen molar-refractivity contribution >= 4 is 62.9 Å². The SMILES string of the molecule is C=C(C#N)C(=O)c1cc2cc(F)c(Br)cc2n1SI. The number of nitriles is 1. The molecular formula is C12H5BrFIN2OS. The van der Waals surface area contributed by atoms with Gasteiger partial charge in [0.15, 0.2) is 0 Å². The van der Waals surface area contributed by atoms with Crippen LogP contribution in [0.15, 0.2) is 34.8 Å². The molecule has 0 fully saturated rings. The van der Waals surface area contributed by atoms with Gasteiger partial charge in [0.2, 0.25) is 5.78 Å². The molecule has 1 aromatic heterocycles. The summed E-state index contributed by atoms with van der Waals surface area (Å²) in [7, 11) is 1.27. The first-order valence-corrected chi connectivity index (χ1v) is 9.03. The number of carbonyl (C=O) groups is 1. The summed E-state index contributed by atoms with van der Waals surface area (Å²) < 4.78 is 15.5. The van der Waals surface area contributed by atoms with E-state index in [1.54, 1.807) is 22.2 Å². The van der Waals surface area contributed by atoms with Crippen LogP contribution in [0.5, 0.6) is 0 Å². The van der Waals surface area contributed by atoms with Crippen LogP contribution in [0.3, 0.4) is 0 Å². The van der Waals surface area contributed by atoms with Crippen molar-refractivity contribution in [1.82, 2.24) is 3.97 Å². The molecule has 1 aromatic carbocycles. The van der Waals surface area contributed by atoms with Crippen LogP contribution in [-0.4, -0.2) is 9.76 Å². The quantitative estimate of drug-likeness (QED) is 0.296. The molecule has 0 amide bonds. The lowest BCUT2D eigenvalue weighted by Gasteiger charge is -2.04. The molecule has 0 N–H and O–H groups in total. The second-order valence-corrected chi connectivity index (χ2v) is 6.18. The number of fused-ring (bicyclic) bond motifs is 1. The number of allylic oxidation sites excluding steroid dienone is 1. The van der Waals surface area contributed by atoms with Crippen LogP contribution in [0.2, 0.25) is 0 Å². The number of ketones is 1. The molecule has 0 saturated carbocycles. The van der Waals surface area contributed by atoms with Crippen molar-refractivity contribution in [2.45, 2.75) is 0 Å². The summed E-state index contributed by atoms with van der Waals surface area (Å²) in [4.78, 5) is 12.0. The summed E-state index contributed by atoms with van der Waals surface area (Å²) in [6.07, 6.45) is 0. The van der Waals surface area contributed by atoms with Crippen molar-refractivity contribution < 1.29 is 9.18 Å². The lowest BCUT2D eigenvalue weighted by molar-refractivity contribution is 0.103. The summed E-state index contributed by atoms with van der Waals surface area (Å²) in [6, 6.07) is 6.23. The molecule has 0 spiro atoms. The molecule has 2 aromatic rings. The van der Waals surface area contributed by atoms with Gasteiger partial charge in [0.25, 0.3) is 0 Å². The number of benzene rings is 1. The number of hydrogen-bond acceptors (Lipinski definition) is 3. The van der Waals surface area contributed by atoms with E-state index in [1.807, 2.05) is 21.2 Å². The summed E-state index contributed by atoms with van der Waals surface area (Å²) >= 11 is 5.13. The molecule has 0 atom stereocenters. The van der Waals surface area contributed by atoms with Gasteiger partial charge in [-0.05, 0) is 34.1 Å². The second kappa shape index (κ2) is 5.64. The number of carbonyl (C=O) groups excluding carboxylic acids is 1. The molecule has 1 heterocycles. The topological polar surface area (TPSA) is 45.8 Å². The molecule has 0 bridgehead atoms. The third-order valence-corrected chi connectivity index (χ3v) is 4.83. The average Bonchev–Trinajstić information content (AvgIpc) is 2.75. The Kier molecular flexibility index (Phi) is 4.32. The lowest BCUT2D eigenvalue weighted by Crippen LogP contribution is -2.05. The lowest BCUT2D eigenvalue weighted by atomic mass is 10.1. The zero-order chi connectivity index (χ0) is 14.2. The first-order valence-electron chi connectivity index (χ1n) is 4.93. The van der Waals surface area contributed by atoms with Crippen LogP contribution < -0.4 is 0 Å². The number of Topliss-reactive ketones (excluding diaryl/α,β-unsaturated/α-hetero) is 1. The van der Waals surface area contributed by atoms with Crippen molar-refractivity contribution in [3.63, 3.8) is 0 Å². The van der Waals surface area contributed by atoms with E-state index in [1.165, 1.54) is 15.2 Å². The Morgan fingerprint density at radius 3 is 2.79 bits per heavy atom. The summed E-state index contributed by atoms with van der Waals surface area (Å²) in [5.41, 5.74) is 0.856. The summed E-state index contributed by atoms with van der Waals surface area (Å²) in [6.45, 7) is 3.41. The van der Waals surface area contributed by atoms with Gasteiger partial charge >= 0.3 is 0 Å². The minimum absolute atomic E-state index is 0.144. The first kappa shape index (κ1) is 14.6. The Balaban J connectivity index is 2.73. The minimum Gasteiger partial charge on any atom is -0.286 e. The molecule has 0 aliphatic rings. The van der Waals surface area contributed by atoms with Crippen LogP contribution in [-0.2, 0) is 0 Å². The Morgan fingerprint density at radius 2 is 2.21 bits per heavy atom. The van der Waals surface area contributed by atoms with E-state index in [2.05, 4.69) is 22.5 Å². The molecule has 0 unspecified atom stereocenters. The van der Waals surface area contributed by atoms with Crippen molar-refractivity contribution in [2.24, 2.45) is 0 Å². The fourth-order valence-electron chi connectivity index (χ4n) is 1.62. The highest BCUT2D eigenvalue weighted by Crippen LogP contribution is 2.32. The molecular weight excluding hydrogens is 446 g/mol. The monoisotopic (exact) mass is 450 g/mol. The van der Waals surface area contributed by atoms with Crippen LogP contribution in [0.4, 0.5) is 4.39 Å². The summed E-state index contributed by atoms with van der Waals surface area (Å²) in [5, 5.41) is 9.33. The number of aromatic nitrogens is 1. The summed E-state index contributed by atoms with van der Waals surface area (Å²) in [5.74, 6) is -0.861. The third kappa shape index (κ3) is 2.57. The fraction of sp³-hybridized carbons (Fsp3) is 0. The normalized spacial score (nSPS) is 10.4. The van der Waals surface area contributed by atoms with E-state index in [-0.39, 0.29) is 5.57 Å². The van der Waals surface area contributed by atoms with Gasteiger partial charge in [-0.1, -0.05) is 6.58 Å². The maximum atomic E-state index is 13.5. The molecule has 96 valence electrons. The van der Waals surface area contributed by atoms with E-state index in [4.69, 9.17) is 5.26 Å². The van der Waals surface area contributed by atoms with E-state index < -0.39 is 11.6 Å². The van der Waals surface area contributed by atoms with Crippen LogP contribution in [0.1, 0.15) is 10.5 Å². The molecule has 19 heavy (non-hydrogen) atoms. The van der Waals surface area contributed by atoms with Gasteiger partial charge in [-0.25, -0.2) is 4.39 Å². The zero-order valence-corrected chi connectivity index (χ0v) is 13.8. The standard InChI is InChI=1S/C12H5BrFIN2OS/c1-6(5-16)12(18)11-3-7-2-9(14)8(13)4-10(7)17(11)19-15/h2-4H,1H2. The van der Waals surface area contributed by atoms with Gasteiger partial charge in [-0.2, -0.15) is 5.26 Å². The van der Waals surface area contributed by atoms with Crippen molar-refractivity contribution in [1.29, 1.82) is 5.26 Å². The van der Waals surface area contributed by atoms with Gasteiger partial charge in [0, 0.05) is 35.7 Å². The van der Waals surface area contributed by atoms with E-state index >= 15 is 0 Å². The highest BCUT2D eigenvalue weighted by molar-refractivity contribution is 14.2. The van der Waals surface area contributed by atoms with Crippen molar-refractivity contribution in [3.05, 3.63) is 46.3 Å². The molecule has 0 saturated heterocycles. The predicted molar refractivity (Wildman–Crippen MR) is 85.7 cm³/mol. The van der Waals surface area contributed by atoms with Crippen molar-refractivity contribution in [2.75, 3.05) is 0 Å². The smallest absolute Gasteiger partial charge is 0.220 e. The second-order valence-electron chi connectivity index (χ2n) is 3.64. The minimum atomic E-state index is -0.459. The number of rotatable bonds is 3. The average molecular weight is 451 g/mol.